The number of hydrogen-bond donors (Lipinski definition) is 1. The second-order valence-electron chi connectivity index (χ2n) is 3.40. The Morgan fingerprint density at radius 1 is 1.33 bits per heavy atom. The maximum Gasteiger partial charge on any atom is 0.239 e. The van der Waals surface area contributed by atoms with E-state index in [1.807, 2.05) is 17.8 Å². The predicted molar refractivity (Wildman–Crippen MR) is 56.2 cm³/mol. The molecule has 0 aliphatic rings. The molecule has 0 fully saturated rings. The van der Waals surface area contributed by atoms with Crippen LogP contribution in [-0.2, 0) is 13.1 Å². The van der Waals surface area contributed by atoms with Crippen LogP contribution in [0.2, 0.25) is 0 Å². The van der Waals surface area contributed by atoms with E-state index in [1.54, 1.807) is 11.0 Å². The zero-order chi connectivity index (χ0) is 10.8. The van der Waals surface area contributed by atoms with Crippen molar-refractivity contribution in [2.24, 2.45) is 0 Å². The molecule has 0 aromatic carbocycles. The van der Waals surface area contributed by atoms with Gasteiger partial charge < -0.3 is 5.73 Å². The van der Waals surface area contributed by atoms with Gasteiger partial charge in [-0.2, -0.15) is 5.10 Å². The highest BCUT2D eigenvalue weighted by Gasteiger charge is 2.05. The molecular formula is C9H14N6. The number of nitrogens with two attached hydrogens (primary N) is 1. The quantitative estimate of drug-likeness (QED) is 0.790. The number of anilines is 1. The first-order chi connectivity index (χ1) is 7.19. The molecule has 0 bridgehead atoms. The van der Waals surface area contributed by atoms with E-state index in [9.17, 15) is 0 Å². The van der Waals surface area contributed by atoms with Crippen LogP contribution in [0, 0.1) is 6.92 Å². The van der Waals surface area contributed by atoms with Gasteiger partial charge in [0.15, 0.2) is 0 Å². The highest BCUT2D eigenvalue weighted by Crippen LogP contribution is 2.07. The summed E-state index contributed by atoms with van der Waals surface area (Å²) in [5.74, 6) is 0.301. The van der Waals surface area contributed by atoms with Gasteiger partial charge in [-0.25, -0.2) is 9.67 Å². The summed E-state index contributed by atoms with van der Waals surface area (Å²) < 4.78 is 3.62. The zero-order valence-corrected chi connectivity index (χ0v) is 8.88. The average molecular weight is 206 g/mol. The van der Waals surface area contributed by atoms with Crippen molar-refractivity contribution in [2.45, 2.75) is 26.9 Å². The van der Waals surface area contributed by atoms with Crippen LogP contribution in [0.3, 0.4) is 0 Å². The molecule has 2 heterocycles. The van der Waals surface area contributed by atoms with Gasteiger partial charge in [0.25, 0.3) is 0 Å². The lowest BCUT2D eigenvalue weighted by atomic mass is 10.3. The van der Waals surface area contributed by atoms with Gasteiger partial charge in [0.1, 0.15) is 6.33 Å². The van der Waals surface area contributed by atoms with Crippen LogP contribution >= 0.6 is 0 Å². The first-order valence-electron chi connectivity index (χ1n) is 4.87. The second-order valence-corrected chi connectivity index (χ2v) is 3.40. The number of nitrogens with zero attached hydrogens (tertiary/aromatic N) is 5. The summed E-state index contributed by atoms with van der Waals surface area (Å²) in [6, 6.07) is 0. The van der Waals surface area contributed by atoms with E-state index >= 15 is 0 Å². The number of rotatable bonds is 3. The largest absolute Gasteiger partial charge is 0.367 e. The minimum atomic E-state index is 0.301. The van der Waals surface area contributed by atoms with E-state index in [1.165, 1.54) is 0 Å². The minimum absolute atomic E-state index is 0.301. The van der Waals surface area contributed by atoms with E-state index in [0.717, 1.165) is 17.8 Å². The maximum atomic E-state index is 5.44. The predicted octanol–water partition coefficient (Wildman–Crippen LogP) is 0.433. The topological polar surface area (TPSA) is 74.5 Å². The van der Waals surface area contributed by atoms with Gasteiger partial charge in [-0.15, -0.1) is 5.10 Å². The van der Waals surface area contributed by atoms with E-state index in [-0.39, 0.29) is 0 Å². The van der Waals surface area contributed by atoms with E-state index in [2.05, 4.69) is 22.1 Å². The van der Waals surface area contributed by atoms with Crippen molar-refractivity contribution in [3.05, 3.63) is 23.8 Å². The van der Waals surface area contributed by atoms with E-state index in [0.29, 0.717) is 12.5 Å². The Morgan fingerprint density at radius 2 is 2.13 bits per heavy atom. The molecule has 0 saturated carbocycles. The second kappa shape index (κ2) is 3.72. The Bertz CT molecular complexity index is 455. The monoisotopic (exact) mass is 206 g/mol. The van der Waals surface area contributed by atoms with Crippen molar-refractivity contribution < 1.29 is 0 Å². The van der Waals surface area contributed by atoms with Crippen LogP contribution in [-0.4, -0.2) is 24.5 Å². The summed E-state index contributed by atoms with van der Waals surface area (Å²) in [5, 5.41) is 8.38. The van der Waals surface area contributed by atoms with Crippen LogP contribution in [0.4, 0.5) is 5.95 Å². The SMILES string of the molecule is CCn1cc(Cn2cnc(N)n2)c(C)n1. The third-order valence-electron chi connectivity index (χ3n) is 2.26. The smallest absolute Gasteiger partial charge is 0.239 e. The zero-order valence-electron chi connectivity index (χ0n) is 8.88. The molecule has 0 atom stereocenters. The van der Waals surface area contributed by atoms with Crippen molar-refractivity contribution in [1.29, 1.82) is 0 Å². The van der Waals surface area contributed by atoms with Crippen molar-refractivity contribution in [3.8, 4) is 0 Å². The molecule has 2 N–H and O–H groups in total. The summed E-state index contributed by atoms with van der Waals surface area (Å²) in [4.78, 5) is 3.87. The summed E-state index contributed by atoms with van der Waals surface area (Å²) in [6.07, 6.45) is 3.64. The standard InChI is InChI=1S/C9H14N6/c1-3-14-4-8(7(2)12-14)5-15-6-11-9(10)13-15/h4,6H,3,5H2,1-2H3,(H2,10,13). The van der Waals surface area contributed by atoms with E-state index < -0.39 is 0 Å². The van der Waals surface area contributed by atoms with Crippen molar-refractivity contribution in [3.63, 3.8) is 0 Å². The van der Waals surface area contributed by atoms with Crippen molar-refractivity contribution in [2.75, 3.05) is 5.73 Å². The molecule has 80 valence electrons. The van der Waals surface area contributed by atoms with Crippen molar-refractivity contribution >= 4 is 5.95 Å². The molecule has 6 nitrogen and oxygen atoms in total. The number of hydrogen-bond acceptors (Lipinski definition) is 4. The van der Waals surface area contributed by atoms with E-state index in [4.69, 9.17) is 5.73 Å². The third-order valence-corrected chi connectivity index (χ3v) is 2.26. The molecule has 0 spiro atoms. The minimum Gasteiger partial charge on any atom is -0.367 e. The number of aromatic nitrogens is 5. The van der Waals surface area contributed by atoms with Crippen LogP contribution < -0.4 is 5.73 Å². The summed E-state index contributed by atoms with van der Waals surface area (Å²) in [6.45, 7) is 5.59. The Hall–Kier alpha value is -1.85. The lowest BCUT2D eigenvalue weighted by Gasteiger charge is -1.97. The van der Waals surface area contributed by atoms with Crippen LogP contribution in [0.15, 0.2) is 12.5 Å². The third kappa shape index (κ3) is 1.98. The van der Waals surface area contributed by atoms with Gasteiger partial charge in [0.05, 0.1) is 12.2 Å². The number of aryl methyl sites for hydroxylation is 2. The fourth-order valence-electron chi connectivity index (χ4n) is 1.44. The molecule has 0 aliphatic heterocycles. The summed E-state index contributed by atoms with van der Waals surface area (Å²) in [5.41, 5.74) is 7.60. The molecule has 2 aromatic heterocycles. The molecule has 15 heavy (non-hydrogen) atoms. The van der Waals surface area contributed by atoms with Crippen LogP contribution in [0.25, 0.3) is 0 Å². The van der Waals surface area contributed by atoms with Gasteiger partial charge in [0.2, 0.25) is 5.95 Å². The fourth-order valence-corrected chi connectivity index (χ4v) is 1.44. The molecule has 2 aromatic rings. The van der Waals surface area contributed by atoms with Crippen molar-refractivity contribution in [1.82, 2.24) is 24.5 Å². The molecule has 0 unspecified atom stereocenters. The van der Waals surface area contributed by atoms with Gasteiger partial charge >= 0.3 is 0 Å². The fraction of sp³-hybridized carbons (Fsp3) is 0.444. The molecular weight excluding hydrogens is 192 g/mol. The molecule has 2 rings (SSSR count). The van der Waals surface area contributed by atoms with Gasteiger partial charge in [-0.1, -0.05) is 0 Å². The lowest BCUT2D eigenvalue weighted by Crippen LogP contribution is -2.01. The summed E-state index contributed by atoms with van der Waals surface area (Å²) in [7, 11) is 0. The van der Waals surface area contributed by atoms with Crippen LogP contribution in [0.1, 0.15) is 18.2 Å². The average Bonchev–Trinajstić information content (AvgIpc) is 2.75. The normalized spacial score (nSPS) is 10.8. The Kier molecular flexibility index (Phi) is 2.40. The first-order valence-corrected chi connectivity index (χ1v) is 4.87. The Labute approximate surface area is 87.7 Å². The molecule has 0 aliphatic carbocycles. The number of nitrogen functional groups attached to an aromatic ring is 1. The van der Waals surface area contributed by atoms with Crippen LogP contribution in [0.5, 0.6) is 0 Å². The Balaban J connectivity index is 2.20. The molecule has 0 saturated heterocycles. The van der Waals surface area contributed by atoms with Gasteiger partial charge in [-0.05, 0) is 13.8 Å². The Morgan fingerprint density at radius 3 is 2.67 bits per heavy atom. The molecule has 0 radical (unpaired) electrons. The highest BCUT2D eigenvalue weighted by atomic mass is 15.4. The summed E-state index contributed by atoms with van der Waals surface area (Å²) >= 11 is 0. The first kappa shape index (κ1) is 9.70. The molecule has 0 amide bonds. The van der Waals surface area contributed by atoms with Gasteiger partial charge in [-0.3, -0.25) is 4.68 Å². The maximum absolute atomic E-state index is 5.44. The lowest BCUT2D eigenvalue weighted by molar-refractivity contribution is 0.651. The highest BCUT2D eigenvalue weighted by molar-refractivity contribution is 5.16. The van der Waals surface area contributed by atoms with Gasteiger partial charge in [0, 0.05) is 18.3 Å². The molecule has 6 heteroatoms.